The predicted molar refractivity (Wildman–Crippen MR) is 75.3 cm³/mol. The maximum absolute atomic E-state index is 12.1. The first-order valence-electron chi connectivity index (χ1n) is 6.84. The van der Waals surface area contributed by atoms with Crippen LogP contribution in [-0.2, 0) is 14.8 Å². The van der Waals surface area contributed by atoms with Crippen molar-refractivity contribution in [3.05, 3.63) is 11.8 Å². The summed E-state index contributed by atoms with van der Waals surface area (Å²) in [6.45, 7) is 2.19. The average Bonchev–Trinajstić information content (AvgIpc) is 2.93. The van der Waals surface area contributed by atoms with E-state index < -0.39 is 16.0 Å². The van der Waals surface area contributed by atoms with E-state index in [4.69, 9.17) is 9.84 Å². The van der Waals surface area contributed by atoms with Gasteiger partial charge in [-0.15, -0.1) is 0 Å². The van der Waals surface area contributed by atoms with Crippen LogP contribution >= 0.6 is 0 Å². The SMILES string of the molecule is CCOC(=O)c1cn[nH]c1S(=O)(=O)NCCCCCCO. The molecule has 8 nitrogen and oxygen atoms in total. The minimum Gasteiger partial charge on any atom is -0.462 e. The van der Waals surface area contributed by atoms with Crippen LogP contribution in [-0.4, -0.2) is 49.4 Å². The summed E-state index contributed by atoms with van der Waals surface area (Å²) in [6, 6.07) is 0. The molecule has 0 aliphatic heterocycles. The van der Waals surface area contributed by atoms with Crippen molar-refractivity contribution >= 4 is 16.0 Å². The molecule has 3 N–H and O–H groups in total. The number of esters is 1. The summed E-state index contributed by atoms with van der Waals surface area (Å²) in [6.07, 6.45) is 4.16. The van der Waals surface area contributed by atoms with Crippen LogP contribution in [0.15, 0.2) is 11.2 Å². The van der Waals surface area contributed by atoms with Gasteiger partial charge in [-0.25, -0.2) is 17.9 Å². The van der Waals surface area contributed by atoms with Crippen LogP contribution in [0, 0.1) is 0 Å². The number of carbonyl (C=O) groups excluding carboxylic acids is 1. The summed E-state index contributed by atoms with van der Waals surface area (Å²) in [4.78, 5) is 11.6. The molecule has 1 aromatic rings. The van der Waals surface area contributed by atoms with Gasteiger partial charge in [0.25, 0.3) is 10.0 Å². The minimum absolute atomic E-state index is 0.107. The lowest BCUT2D eigenvalue weighted by molar-refractivity contribution is 0.0522. The van der Waals surface area contributed by atoms with Crippen LogP contribution in [0.1, 0.15) is 43.0 Å². The molecule has 0 amide bonds. The van der Waals surface area contributed by atoms with Gasteiger partial charge in [-0.2, -0.15) is 5.10 Å². The molecule has 1 rings (SSSR count). The number of nitrogens with zero attached hydrogens (tertiary/aromatic N) is 1. The van der Waals surface area contributed by atoms with Gasteiger partial charge in [0.05, 0.1) is 12.8 Å². The van der Waals surface area contributed by atoms with Crippen molar-refractivity contribution in [2.24, 2.45) is 0 Å². The Labute approximate surface area is 123 Å². The third-order valence-electron chi connectivity index (χ3n) is 2.75. The zero-order valence-corrected chi connectivity index (χ0v) is 12.8. The lowest BCUT2D eigenvalue weighted by atomic mass is 10.2. The highest BCUT2D eigenvalue weighted by atomic mass is 32.2. The predicted octanol–water partition coefficient (Wildman–Crippen LogP) is 0.417. The van der Waals surface area contributed by atoms with Gasteiger partial charge >= 0.3 is 5.97 Å². The standard InChI is InChI=1S/C12H21N3O5S/c1-2-20-12(17)10-9-13-15-11(10)21(18,19)14-7-5-3-4-6-8-16/h9,14,16H,2-8H2,1H3,(H,13,15). The third kappa shape index (κ3) is 5.44. The van der Waals surface area contributed by atoms with E-state index in [-0.39, 0.29) is 30.3 Å². The summed E-state index contributed by atoms with van der Waals surface area (Å²) in [7, 11) is -3.82. The number of aliphatic hydroxyl groups excluding tert-OH is 1. The highest BCUT2D eigenvalue weighted by Gasteiger charge is 2.25. The number of rotatable bonds is 10. The number of ether oxygens (including phenoxy) is 1. The van der Waals surface area contributed by atoms with Gasteiger partial charge in [0.2, 0.25) is 0 Å². The molecule has 0 aromatic carbocycles. The Kier molecular flexibility index (Phi) is 7.34. The third-order valence-corrected chi connectivity index (χ3v) is 4.18. The van der Waals surface area contributed by atoms with Crippen molar-refractivity contribution in [2.75, 3.05) is 19.8 Å². The zero-order chi connectivity index (χ0) is 15.7. The second-order valence-electron chi connectivity index (χ2n) is 4.37. The van der Waals surface area contributed by atoms with E-state index in [2.05, 4.69) is 14.9 Å². The summed E-state index contributed by atoms with van der Waals surface area (Å²) in [5.74, 6) is -0.727. The van der Waals surface area contributed by atoms with E-state index >= 15 is 0 Å². The van der Waals surface area contributed by atoms with E-state index in [1.165, 1.54) is 0 Å². The number of aromatic amines is 1. The number of hydrogen-bond donors (Lipinski definition) is 3. The maximum atomic E-state index is 12.1. The lowest BCUT2D eigenvalue weighted by Crippen LogP contribution is -2.27. The summed E-state index contributed by atoms with van der Waals surface area (Å²) < 4.78 is 31.3. The second kappa shape index (κ2) is 8.75. The van der Waals surface area contributed by atoms with Gasteiger partial charge in [0.15, 0.2) is 5.03 Å². The summed E-state index contributed by atoms with van der Waals surface area (Å²) in [5.41, 5.74) is -0.107. The molecular weight excluding hydrogens is 298 g/mol. The number of aromatic nitrogens is 2. The first-order valence-corrected chi connectivity index (χ1v) is 8.32. The summed E-state index contributed by atoms with van der Waals surface area (Å²) in [5, 5.41) is 14.3. The van der Waals surface area contributed by atoms with Crippen LogP contribution in [0.4, 0.5) is 0 Å². The topological polar surface area (TPSA) is 121 Å². The second-order valence-corrected chi connectivity index (χ2v) is 6.07. The van der Waals surface area contributed by atoms with E-state index in [9.17, 15) is 13.2 Å². The number of sulfonamides is 1. The fourth-order valence-corrected chi connectivity index (χ4v) is 2.86. The molecule has 0 fully saturated rings. The van der Waals surface area contributed by atoms with Gasteiger partial charge in [-0.1, -0.05) is 12.8 Å². The molecule has 21 heavy (non-hydrogen) atoms. The quantitative estimate of drug-likeness (QED) is 0.424. The fraction of sp³-hybridized carbons (Fsp3) is 0.667. The molecule has 0 aliphatic rings. The van der Waals surface area contributed by atoms with Crippen molar-refractivity contribution < 1.29 is 23.1 Å². The molecule has 120 valence electrons. The zero-order valence-electron chi connectivity index (χ0n) is 12.0. The maximum Gasteiger partial charge on any atom is 0.342 e. The van der Waals surface area contributed by atoms with Crippen LogP contribution in [0.25, 0.3) is 0 Å². The number of unbranched alkanes of at least 4 members (excludes halogenated alkanes) is 3. The van der Waals surface area contributed by atoms with E-state index in [0.29, 0.717) is 12.8 Å². The van der Waals surface area contributed by atoms with Gasteiger partial charge in [0.1, 0.15) is 5.56 Å². The van der Waals surface area contributed by atoms with Crippen LogP contribution in [0.3, 0.4) is 0 Å². The normalized spacial score (nSPS) is 11.5. The highest BCUT2D eigenvalue weighted by Crippen LogP contribution is 2.13. The Morgan fingerprint density at radius 3 is 2.76 bits per heavy atom. The Bertz CT molecular complexity index is 541. The van der Waals surface area contributed by atoms with Crippen molar-refractivity contribution in [3.8, 4) is 0 Å². The minimum atomic E-state index is -3.82. The molecular formula is C12H21N3O5S. The van der Waals surface area contributed by atoms with Gasteiger partial charge in [-0.3, -0.25) is 5.10 Å². The number of carbonyl (C=O) groups is 1. The van der Waals surface area contributed by atoms with Crippen LogP contribution < -0.4 is 4.72 Å². The highest BCUT2D eigenvalue weighted by molar-refractivity contribution is 7.89. The molecule has 0 atom stereocenters. The van der Waals surface area contributed by atoms with E-state index in [0.717, 1.165) is 19.0 Å². The van der Waals surface area contributed by atoms with Crippen molar-refractivity contribution in [1.82, 2.24) is 14.9 Å². The van der Waals surface area contributed by atoms with Crippen molar-refractivity contribution in [3.63, 3.8) is 0 Å². The molecule has 0 spiro atoms. The molecule has 0 unspecified atom stereocenters. The number of aliphatic hydroxyl groups is 1. The van der Waals surface area contributed by atoms with Gasteiger partial charge in [0, 0.05) is 13.2 Å². The van der Waals surface area contributed by atoms with E-state index in [1.54, 1.807) is 6.92 Å². The molecule has 0 saturated carbocycles. The van der Waals surface area contributed by atoms with Crippen molar-refractivity contribution in [2.45, 2.75) is 37.6 Å². The monoisotopic (exact) mass is 319 g/mol. The average molecular weight is 319 g/mol. The Balaban J connectivity index is 2.59. The number of nitrogens with one attached hydrogen (secondary N) is 2. The molecule has 0 saturated heterocycles. The Hall–Kier alpha value is -1.45. The molecule has 0 radical (unpaired) electrons. The molecule has 1 aromatic heterocycles. The smallest absolute Gasteiger partial charge is 0.342 e. The first kappa shape index (κ1) is 17.6. The fourth-order valence-electron chi connectivity index (χ4n) is 1.70. The molecule has 9 heteroatoms. The number of H-pyrrole nitrogens is 1. The van der Waals surface area contributed by atoms with E-state index in [1.807, 2.05) is 0 Å². The Morgan fingerprint density at radius 2 is 2.10 bits per heavy atom. The van der Waals surface area contributed by atoms with Gasteiger partial charge in [-0.05, 0) is 19.8 Å². The van der Waals surface area contributed by atoms with Gasteiger partial charge < -0.3 is 9.84 Å². The molecule has 0 bridgehead atoms. The number of hydrogen-bond acceptors (Lipinski definition) is 6. The lowest BCUT2D eigenvalue weighted by Gasteiger charge is -2.06. The van der Waals surface area contributed by atoms with Crippen LogP contribution in [0.5, 0.6) is 0 Å². The first-order chi connectivity index (χ1) is 10.0. The summed E-state index contributed by atoms with van der Waals surface area (Å²) >= 11 is 0. The van der Waals surface area contributed by atoms with Crippen molar-refractivity contribution in [1.29, 1.82) is 0 Å². The van der Waals surface area contributed by atoms with Crippen LogP contribution in [0.2, 0.25) is 0 Å². The molecule has 1 heterocycles. The largest absolute Gasteiger partial charge is 0.462 e. The molecule has 0 aliphatic carbocycles. The Morgan fingerprint density at radius 1 is 1.38 bits per heavy atom.